The molecule has 19 heavy (non-hydrogen) atoms. The SMILES string of the molecule is CCCNC(c1cccnc1)c1ccc(F)cc1Br. The van der Waals surface area contributed by atoms with Crippen LogP contribution in [0.3, 0.4) is 0 Å². The third-order valence-electron chi connectivity index (χ3n) is 2.89. The van der Waals surface area contributed by atoms with Crippen molar-refractivity contribution in [1.82, 2.24) is 10.3 Å². The van der Waals surface area contributed by atoms with Crippen LogP contribution < -0.4 is 5.32 Å². The summed E-state index contributed by atoms with van der Waals surface area (Å²) in [4.78, 5) is 4.16. The normalized spacial score (nSPS) is 12.4. The maximum Gasteiger partial charge on any atom is 0.124 e. The maximum atomic E-state index is 13.2. The molecule has 1 heterocycles. The third-order valence-corrected chi connectivity index (χ3v) is 3.58. The van der Waals surface area contributed by atoms with Gasteiger partial charge in [-0.1, -0.05) is 35.0 Å². The Labute approximate surface area is 121 Å². The summed E-state index contributed by atoms with van der Waals surface area (Å²) in [5.74, 6) is -0.240. The van der Waals surface area contributed by atoms with Crippen molar-refractivity contribution in [2.75, 3.05) is 6.54 Å². The molecule has 1 N–H and O–H groups in total. The standard InChI is InChI=1S/C15H16BrFN2/c1-2-7-19-15(11-4-3-8-18-10-11)13-6-5-12(17)9-14(13)16/h3-6,8-10,15,19H,2,7H2,1H3. The highest BCUT2D eigenvalue weighted by Gasteiger charge is 2.16. The monoisotopic (exact) mass is 322 g/mol. The number of benzene rings is 1. The second kappa shape index (κ2) is 6.78. The first-order valence-corrected chi connectivity index (χ1v) is 7.10. The molecule has 100 valence electrons. The number of nitrogens with zero attached hydrogens (tertiary/aromatic N) is 1. The molecule has 0 aliphatic rings. The Kier molecular flexibility index (Phi) is 5.05. The van der Waals surface area contributed by atoms with Crippen molar-refractivity contribution >= 4 is 15.9 Å². The Morgan fingerprint density at radius 2 is 2.21 bits per heavy atom. The third kappa shape index (κ3) is 3.61. The van der Waals surface area contributed by atoms with Crippen LogP contribution in [0.2, 0.25) is 0 Å². The van der Waals surface area contributed by atoms with Gasteiger partial charge in [0.05, 0.1) is 6.04 Å². The molecular weight excluding hydrogens is 307 g/mol. The fraction of sp³-hybridized carbons (Fsp3) is 0.267. The van der Waals surface area contributed by atoms with Crippen LogP contribution in [0.15, 0.2) is 47.2 Å². The van der Waals surface area contributed by atoms with E-state index in [2.05, 4.69) is 33.2 Å². The molecule has 0 aliphatic carbocycles. The van der Waals surface area contributed by atoms with Gasteiger partial charge in [0, 0.05) is 16.9 Å². The van der Waals surface area contributed by atoms with E-state index in [1.807, 2.05) is 18.3 Å². The number of rotatable bonds is 5. The van der Waals surface area contributed by atoms with E-state index in [1.54, 1.807) is 12.3 Å². The van der Waals surface area contributed by atoms with Gasteiger partial charge in [-0.25, -0.2) is 4.39 Å². The number of hydrogen-bond acceptors (Lipinski definition) is 2. The Morgan fingerprint density at radius 3 is 2.84 bits per heavy atom. The highest BCUT2D eigenvalue weighted by atomic mass is 79.9. The van der Waals surface area contributed by atoms with Crippen molar-refractivity contribution in [3.63, 3.8) is 0 Å². The highest BCUT2D eigenvalue weighted by molar-refractivity contribution is 9.10. The van der Waals surface area contributed by atoms with Crippen LogP contribution in [-0.4, -0.2) is 11.5 Å². The molecule has 0 bridgehead atoms. The van der Waals surface area contributed by atoms with E-state index in [-0.39, 0.29) is 11.9 Å². The predicted molar refractivity (Wildman–Crippen MR) is 78.5 cm³/mol. The fourth-order valence-corrected chi connectivity index (χ4v) is 2.56. The second-order valence-electron chi connectivity index (χ2n) is 4.34. The van der Waals surface area contributed by atoms with Crippen molar-refractivity contribution in [2.45, 2.75) is 19.4 Å². The van der Waals surface area contributed by atoms with E-state index in [0.29, 0.717) is 0 Å². The van der Waals surface area contributed by atoms with Gasteiger partial charge in [0.2, 0.25) is 0 Å². The number of hydrogen-bond donors (Lipinski definition) is 1. The zero-order valence-corrected chi connectivity index (χ0v) is 12.3. The molecule has 0 spiro atoms. The van der Waals surface area contributed by atoms with E-state index < -0.39 is 0 Å². The Bertz CT molecular complexity index is 531. The summed E-state index contributed by atoms with van der Waals surface area (Å²) in [5, 5.41) is 3.47. The second-order valence-corrected chi connectivity index (χ2v) is 5.19. The van der Waals surface area contributed by atoms with Crippen LogP contribution in [-0.2, 0) is 0 Å². The largest absolute Gasteiger partial charge is 0.306 e. The van der Waals surface area contributed by atoms with Crippen molar-refractivity contribution in [1.29, 1.82) is 0 Å². The molecule has 2 nitrogen and oxygen atoms in total. The molecular formula is C15H16BrFN2. The molecule has 4 heteroatoms. The zero-order valence-electron chi connectivity index (χ0n) is 10.7. The lowest BCUT2D eigenvalue weighted by Gasteiger charge is -2.20. The van der Waals surface area contributed by atoms with Crippen LogP contribution in [0.1, 0.15) is 30.5 Å². The van der Waals surface area contributed by atoms with Gasteiger partial charge in [0.25, 0.3) is 0 Å². The van der Waals surface area contributed by atoms with Crippen LogP contribution in [0.25, 0.3) is 0 Å². The van der Waals surface area contributed by atoms with Gasteiger partial charge in [0.15, 0.2) is 0 Å². The van der Waals surface area contributed by atoms with Crippen LogP contribution in [0.4, 0.5) is 4.39 Å². The predicted octanol–water partition coefficient (Wildman–Crippen LogP) is 4.07. The first-order valence-electron chi connectivity index (χ1n) is 6.30. The van der Waals surface area contributed by atoms with Gasteiger partial charge in [-0.3, -0.25) is 4.98 Å². The van der Waals surface area contributed by atoms with Crippen molar-refractivity contribution < 1.29 is 4.39 Å². The van der Waals surface area contributed by atoms with E-state index in [9.17, 15) is 4.39 Å². The lowest BCUT2D eigenvalue weighted by Crippen LogP contribution is -2.23. The molecule has 1 atom stereocenters. The molecule has 1 unspecified atom stereocenters. The topological polar surface area (TPSA) is 24.9 Å². The minimum absolute atomic E-state index is 0.0172. The summed E-state index contributed by atoms with van der Waals surface area (Å²) in [5.41, 5.74) is 2.09. The average Bonchev–Trinajstić information content (AvgIpc) is 2.42. The van der Waals surface area contributed by atoms with Gasteiger partial charge < -0.3 is 5.32 Å². The minimum Gasteiger partial charge on any atom is -0.306 e. The van der Waals surface area contributed by atoms with Gasteiger partial charge in [0.1, 0.15) is 5.82 Å². The minimum atomic E-state index is -0.240. The molecule has 1 aromatic carbocycles. The summed E-state index contributed by atoms with van der Waals surface area (Å²) in [6, 6.07) is 8.73. The summed E-state index contributed by atoms with van der Waals surface area (Å²) >= 11 is 3.44. The number of halogens is 2. The van der Waals surface area contributed by atoms with E-state index in [4.69, 9.17) is 0 Å². The summed E-state index contributed by atoms with van der Waals surface area (Å²) in [6.45, 7) is 3.01. The molecule has 0 aliphatic heterocycles. The summed E-state index contributed by atoms with van der Waals surface area (Å²) in [6.07, 6.45) is 4.62. The van der Waals surface area contributed by atoms with Gasteiger partial charge >= 0.3 is 0 Å². The van der Waals surface area contributed by atoms with Crippen LogP contribution in [0, 0.1) is 5.82 Å². The molecule has 0 radical (unpaired) electrons. The quantitative estimate of drug-likeness (QED) is 0.897. The molecule has 0 fully saturated rings. The number of aromatic nitrogens is 1. The van der Waals surface area contributed by atoms with Crippen molar-refractivity contribution in [3.8, 4) is 0 Å². The van der Waals surface area contributed by atoms with E-state index >= 15 is 0 Å². The number of nitrogens with one attached hydrogen (secondary N) is 1. The van der Waals surface area contributed by atoms with E-state index in [0.717, 1.165) is 28.6 Å². The molecule has 2 aromatic rings. The lowest BCUT2D eigenvalue weighted by atomic mass is 10.00. The molecule has 0 saturated carbocycles. The smallest absolute Gasteiger partial charge is 0.124 e. The molecule has 2 rings (SSSR count). The van der Waals surface area contributed by atoms with Crippen LogP contribution in [0.5, 0.6) is 0 Å². The van der Waals surface area contributed by atoms with Gasteiger partial charge in [-0.05, 0) is 42.3 Å². The molecule has 1 aromatic heterocycles. The Morgan fingerprint density at radius 1 is 1.37 bits per heavy atom. The summed E-state index contributed by atoms with van der Waals surface area (Å²) < 4.78 is 14.0. The maximum absolute atomic E-state index is 13.2. The van der Waals surface area contributed by atoms with Gasteiger partial charge in [-0.2, -0.15) is 0 Å². The zero-order chi connectivity index (χ0) is 13.7. The highest BCUT2D eigenvalue weighted by Crippen LogP contribution is 2.28. The molecule has 0 saturated heterocycles. The van der Waals surface area contributed by atoms with Gasteiger partial charge in [-0.15, -0.1) is 0 Å². The first-order chi connectivity index (χ1) is 9.22. The molecule has 0 amide bonds. The van der Waals surface area contributed by atoms with Crippen molar-refractivity contribution in [3.05, 3.63) is 64.1 Å². The first kappa shape index (κ1) is 14.2. The number of pyridine rings is 1. The fourth-order valence-electron chi connectivity index (χ4n) is 1.98. The lowest BCUT2D eigenvalue weighted by molar-refractivity contribution is 0.589. The van der Waals surface area contributed by atoms with Crippen LogP contribution >= 0.6 is 15.9 Å². The Hall–Kier alpha value is -1.26. The van der Waals surface area contributed by atoms with Crippen molar-refractivity contribution in [2.24, 2.45) is 0 Å². The average molecular weight is 323 g/mol. The summed E-state index contributed by atoms with van der Waals surface area (Å²) in [7, 11) is 0. The van der Waals surface area contributed by atoms with E-state index in [1.165, 1.54) is 12.1 Å². The Balaban J connectivity index is 2.37.